The molecule has 13 nitrogen and oxygen atoms in total. The van der Waals surface area contributed by atoms with Crippen molar-refractivity contribution < 1.29 is 23.5 Å². The van der Waals surface area contributed by atoms with Crippen molar-refractivity contribution in [3.05, 3.63) is 105 Å². The van der Waals surface area contributed by atoms with E-state index in [2.05, 4.69) is 20.2 Å². The van der Waals surface area contributed by atoms with Crippen molar-refractivity contribution in [2.45, 2.75) is 65.3 Å². The Hall–Kier alpha value is -5.37. The van der Waals surface area contributed by atoms with Crippen LogP contribution in [0.4, 0.5) is 14.9 Å². The van der Waals surface area contributed by atoms with Crippen LogP contribution in [0.5, 0.6) is 11.6 Å². The Morgan fingerprint density at radius 1 is 1.00 bits per heavy atom. The molecular formula is C35H38FN7O6. The minimum Gasteiger partial charge on any atom is -0.444 e. The fourth-order valence-corrected chi connectivity index (χ4v) is 5.74. The molecule has 1 saturated heterocycles. The Bertz CT molecular complexity index is 2000. The number of aromatic nitrogens is 4. The minimum absolute atomic E-state index is 0.148. The van der Waals surface area contributed by atoms with Crippen LogP contribution in [-0.2, 0) is 17.7 Å². The van der Waals surface area contributed by atoms with Crippen LogP contribution in [0.3, 0.4) is 0 Å². The van der Waals surface area contributed by atoms with E-state index in [1.54, 1.807) is 43.0 Å². The predicted molar refractivity (Wildman–Crippen MR) is 179 cm³/mol. The maximum atomic E-state index is 13.5. The molecule has 256 valence electrons. The fourth-order valence-electron chi connectivity index (χ4n) is 5.74. The highest BCUT2D eigenvalue weighted by Crippen LogP contribution is 2.31. The van der Waals surface area contributed by atoms with Crippen molar-refractivity contribution in [1.82, 2.24) is 28.9 Å². The topological polar surface area (TPSA) is 141 Å². The second-order valence-corrected chi connectivity index (χ2v) is 13.4. The molecule has 0 radical (unpaired) electrons. The number of hydrogen-bond acceptors (Lipinski definition) is 9. The molecule has 0 unspecified atom stereocenters. The van der Waals surface area contributed by atoms with Gasteiger partial charge in [0.1, 0.15) is 29.1 Å². The van der Waals surface area contributed by atoms with Crippen molar-refractivity contribution in [3.8, 4) is 17.3 Å². The van der Waals surface area contributed by atoms with Gasteiger partial charge in [0.15, 0.2) is 0 Å². The zero-order chi connectivity index (χ0) is 35.0. The molecule has 4 heterocycles. The summed E-state index contributed by atoms with van der Waals surface area (Å²) in [7, 11) is 0. The average molecular weight is 672 g/mol. The first kappa shape index (κ1) is 33.5. The van der Waals surface area contributed by atoms with Gasteiger partial charge in [0.05, 0.1) is 11.4 Å². The molecule has 2 aromatic carbocycles. The number of nitrogens with zero attached hydrogens (tertiary/aromatic N) is 6. The quantitative estimate of drug-likeness (QED) is 0.300. The van der Waals surface area contributed by atoms with Gasteiger partial charge >= 0.3 is 11.8 Å². The Morgan fingerprint density at radius 3 is 2.35 bits per heavy atom. The molecule has 2 aliphatic heterocycles. The van der Waals surface area contributed by atoms with Gasteiger partial charge in [0.2, 0.25) is 5.88 Å². The SMILES string of the molecule is CC(C)n1cc(C(=O)Nc2ccc(Oc3ncnc4c3CCN(C3CN(C(=O)OC(C)(C)C)C3)C4)cc2)c(=O)n(-c2ccc(F)cc2)c1=O. The van der Waals surface area contributed by atoms with Crippen LogP contribution in [0, 0.1) is 5.82 Å². The summed E-state index contributed by atoms with van der Waals surface area (Å²) in [4.78, 5) is 65.0. The number of carbonyl (C=O) groups is 2. The zero-order valence-corrected chi connectivity index (χ0v) is 28.0. The van der Waals surface area contributed by atoms with Gasteiger partial charge in [-0.15, -0.1) is 0 Å². The van der Waals surface area contributed by atoms with E-state index in [4.69, 9.17) is 9.47 Å². The van der Waals surface area contributed by atoms with Gasteiger partial charge < -0.3 is 19.7 Å². The van der Waals surface area contributed by atoms with Gasteiger partial charge in [-0.3, -0.25) is 19.1 Å². The lowest BCUT2D eigenvalue weighted by molar-refractivity contribution is -0.0183. The molecule has 0 saturated carbocycles. The standard InChI is InChI=1S/C35H38FN7O6/c1-21(2)42-18-28(32(45)43(33(42)46)24-10-6-22(36)7-11-24)30(44)39-23-8-12-26(13-9-23)48-31-27-14-15-40(19-29(27)37-20-38-31)25-16-41(17-25)34(47)49-35(3,4)5/h6-13,18,20-21,25H,14-17,19H2,1-5H3,(H,39,44). The summed E-state index contributed by atoms with van der Waals surface area (Å²) in [6.45, 7) is 11.6. The molecule has 2 aliphatic rings. The smallest absolute Gasteiger partial charge is 0.410 e. The maximum absolute atomic E-state index is 13.5. The molecule has 1 fully saturated rings. The zero-order valence-electron chi connectivity index (χ0n) is 28.0. The number of halogens is 1. The predicted octanol–water partition coefficient (Wildman–Crippen LogP) is 4.53. The minimum atomic E-state index is -0.823. The van der Waals surface area contributed by atoms with E-state index in [0.29, 0.717) is 43.4 Å². The average Bonchev–Trinajstić information content (AvgIpc) is 3.01. The Kier molecular flexibility index (Phi) is 9.08. The molecule has 49 heavy (non-hydrogen) atoms. The van der Waals surface area contributed by atoms with Gasteiger partial charge in [0.25, 0.3) is 11.5 Å². The van der Waals surface area contributed by atoms with E-state index >= 15 is 0 Å². The van der Waals surface area contributed by atoms with E-state index in [0.717, 1.165) is 34.5 Å². The van der Waals surface area contributed by atoms with Crippen molar-refractivity contribution in [2.24, 2.45) is 0 Å². The summed E-state index contributed by atoms with van der Waals surface area (Å²) in [5.74, 6) is -0.297. The Balaban J connectivity index is 1.12. The van der Waals surface area contributed by atoms with E-state index < -0.39 is 28.6 Å². The molecule has 0 bridgehead atoms. The first-order valence-electron chi connectivity index (χ1n) is 16.1. The number of likely N-dealkylation sites (tertiary alicyclic amines) is 1. The van der Waals surface area contributed by atoms with Crippen LogP contribution < -0.4 is 21.3 Å². The number of fused-ring (bicyclic) bond motifs is 1. The number of rotatable bonds is 7. The van der Waals surface area contributed by atoms with Crippen LogP contribution >= 0.6 is 0 Å². The highest BCUT2D eigenvalue weighted by molar-refractivity contribution is 6.03. The van der Waals surface area contributed by atoms with Crippen molar-refractivity contribution in [2.75, 3.05) is 25.0 Å². The van der Waals surface area contributed by atoms with Gasteiger partial charge in [-0.25, -0.2) is 28.5 Å². The molecule has 4 aromatic rings. The van der Waals surface area contributed by atoms with E-state index in [1.165, 1.54) is 29.2 Å². The number of amides is 2. The molecule has 6 rings (SSSR count). The highest BCUT2D eigenvalue weighted by Gasteiger charge is 2.38. The maximum Gasteiger partial charge on any atom is 0.410 e. The van der Waals surface area contributed by atoms with Crippen LogP contribution in [0.25, 0.3) is 5.69 Å². The normalized spacial score (nSPS) is 15.0. The fraction of sp³-hybridized carbons (Fsp3) is 0.371. The van der Waals surface area contributed by atoms with E-state index in [9.17, 15) is 23.6 Å². The summed E-state index contributed by atoms with van der Waals surface area (Å²) < 4.78 is 27.3. The Morgan fingerprint density at radius 2 is 1.69 bits per heavy atom. The van der Waals surface area contributed by atoms with Crippen molar-refractivity contribution >= 4 is 17.7 Å². The summed E-state index contributed by atoms with van der Waals surface area (Å²) in [5.41, 5.74) is 0.0760. The third-order valence-electron chi connectivity index (χ3n) is 8.35. The molecule has 1 N–H and O–H groups in total. The van der Waals surface area contributed by atoms with Crippen LogP contribution in [0.1, 0.15) is 62.3 Å². The molecule has 0 atom stereocenters. The monoisotopic (exact) mass is 671 g/mol. The first-order chi connectivity index (χ1) is 23.3. The van der Waals surface area contributed by atoms with Crippen LogP contribution in [0.15, 0.2) is 70.6 Å². The summed E-state index contributed by atoms with van der Waals surface area (Å²) >= 11 is 0. The third kappa shape index (κ3) is 7.23. The molecule has 2 aromatic heterocycles. The van der Waals surface area contributed by atoms with Gasteiger partial charge in [-0.2, -0.15) is 0 Å². The molecular weight excluding hydrogens is 633 g/mol. The largest absolute Gasteiger partial charge is 0.444 e. The van der Waals surface area contributed by atoms with Crippen molar-refractivity contribution in [3.63, 3.8) is 0 Å². The number of anilines is 1. The van der Waals surface area contributed by atoms with Crippen LogP contribution in [0.2, 0.25) is 0 Å². The second-order valence-electron chi connectivity index (χ2n) is 13.4. The summed E-state index contributed by atoms with van der Waals surface area (Å²) in [6.07, 6.45) is 3.09. The number of ether oxygens (including phenoxy) is 2. The van der Waals surface area contributed by atoms with E-state index in [-0.39, 0.29) is 29.4 Å². The third-order valence-corrected chi connectivity index (χ3v) is 8.35. The number of hydrogen-bond donors (Lipinski definition) is 1. The number of carbonyl (C=O) groups excluding carboxylic acids is 2. The molecule has 14 heteroatoms. The molecule has 0 aliphatic carbocycles. The van der Waals surface area contributed by atoms with Crippen molar-refractivity contribution in [1.29, 1.82) is 0 Å². The van der Waals surface area contributed by atoms with Crippen LogP contribution in [-0.4, -0.2) is 72.2 Å². The molecule has 0 spiro atoms. The first-order valence-corrected chi connectivity index (χ1v) is 16.1. The Labute approximate surface area is 281 Å². The van der Waals surface area contributed by atoms with Gasteiger partial charge in [0, 0.05) is 55.7 Å². The summed E-state index contributed by atoms with van der Waals surface area (Å²) in [6, 6.07) is 11.4. The lowest BCUT2D eigenvalue weighted by Gasteiger charge is -2.46. The van der Waals surface area contributed by atoms with E-state index in [1.807, 2.05) is 20.8 Å². The highest BCUT2D eigenvalue weighted by atomic mass is 19.1. The summed E-state index contributed by atoms with van der Waals surface area (Å²) in [5, 5.41) is 2.71. The van der Waals surface area contributed by atoms with Gasteiger partial charge in [-0.1, -0.05) is 0 Å². The lowest BCUT2D eigenvalue weighted by atomic mass is 10.0. The number of benzene rings is 2. The second kappa shape index (κ2) is 13.3. The van der Waals surface area contributed by atoms with Gasteiger partial charge in [-0.05, 0) is 89.6 Å². The number of nitrogens with one attached hydrogen (secondary N) is 1. The lowest BCUT2D eigenvalue weighted by Crippen LogP contribution is -2.62. The molecule has 2 amide bonds.